The third kappa shape index (κ3) is 12.4. The number of benzene rings is 2. The van der Waals surface area contributed by atoms with Crippen LogP contribution < -0.4 is 37.5 Å². The molecule has 78 heavy (non-hydrogen) atoms. The Morgan fingerprint density at radius 2 is 1.60 bits per heavy atom. The van der Waals surface area contributed by atoms with E-state index in [4.69, 9.17) is 23.9 Å². The number of hydrogen-bond donors (Lipinski definition) is 7. The van der Waals surface area contributed by atoms with Gasteiger partial charge in [-0.05, 0) is 61.4 Å². The van der Waals surface area contributed by atoms with Gasteiger partial charge in [0.25, 0.3) is 17.4 Å². The molecule has 7 N–H and O–H groups in total. The molecule has 8 rings (SSSR count). The van der Waals surface area contributed by atoms with Gasteiger partial charge in [0, 0.05) is 47.6 Å². The number of imide groups is 1. The van der Waals surface area contributed by atoms with Crippen molar-refractivity contribution in [2.45, 2.75) is 89.8 Å². The predicted molar refractivity (Wildman–Crippen MR) is 271 cm³/mol. The highest BCUT2D eigenvalue weighted by Crippen LogP contribution is 2.46. The van der Waals surface area contributed by atoms with Gasteiger partial charge in [0.15, 0.2) is 5.60 Å². The summed E-state index contributed by atoms with van der Waals surface area (Å²) < 4.78 is 38.5. The SMILES string of the molecule is CC[C@@]1(O)C(=O)OCc2c1cc1n(c2=O)Cc2c-1nc1cc(F)c(C)c3c1c2[C@@H](NC(=O)OCC(C)OCNC(=O)CNC(=O)[C@H](Cc1ccccc1)NC(=O)CNC(=O)CNC(=O)CCOCCN1C(=O)C=CC1=O)CC3. The van der Waals surface area contributed by atoms with Gasteiger partial charge in [-0.25, -0.2) is 19.0 Å². The number of nitrogens with zero attached hydrogens (tertiary/aromatic N) is 3. The summed E-state index contributed by atoms with van der Waals surface area (Å²) in [4.78, 5) is 133. The molecule has 0 bridgehead atoms. The van der Waals surface area contributed by atoms with Crippen LogP contribution in [0.3, 0.4) is 0 Å². The average molecular weight is 1080 g/mol. The Morgan fingerprint density at radius 1 is 0.897 bits per heavy atom. The minimum absolute atomic E-state index is 0.0198. The van der Waals surface area contributed by atoms with Gasteiger partial charge in [0.2, 0.25) is 29.5 Å². The summed E-state index contributed by atoms with van der Waals surface area (Å²) in [5, 5.41) is 27.2. The molecule has 2 aromatic carbocycles. The maximum absolute atomic E-state index is 15.4. The molecule has 0 spiro atoms. The summed E-state index contributed by atoms with van der Waals surface area (Å²) in [5.41, 5.74) is 1.81. The van der Waals surface area contributed by atoms with Crippen molar-refractivity contribution >= 4 is 64.3 Å². The Balaban J connectivity index is 0.783. The maximum atomic E-state index is 15.4. The zero-order valence-corrected chi connectivity index (χ0v) is 42.9. The largest absolute Gasteiger partial charge is 0.458 e. The Bertz CT molecular complexity index is 3170. The van der Waals surface area contributed by atoms with Crippen molar-refractivity contribution in [1.29, 1.82) is 0 Å². The van der Waals surface area contributed by atoms with E-state index in [-0.39, 0.29) is 76.6 Å². The summed E-state index contributed by atoms with van der Waals surface area (Å²) in [7, 11) is 0. The number of rotatable bonds is 23. The molecule has 412 valence electrons. The summed E-state index contributed by atoms with van der Waals surface area (Å²) >= 11 is 0. The first-order valence-corrected chi connectivity index (χ1v) is 25.3. The van der Waals surface area contributed by atoms with Gasteiger partial charge in [-0.1, -0.05) is 37.3 Å². The molecule has 1 aliphatic carbocycles. The van der Waals surface area contributed by atoms with Crippen molar-refractivity contribution in [2.75, 3.05) is 52.7 Å². The van der Waals surface area contributed by atoms with Gasteiger partial charge in [-0.15, -0.1) is 0 Å². The molecule has 2 aromatic heterocycles. The molecule has 3 aliphatic heterocycles. The van der Waals surface area contributed by atoms with E-state index in [9.17, 15) is 53.1 Å². The predicted octanol–water partition coefficient (Wildman–Crippen LogP) is 0.127. The third-order valence-corrected chi connectivity index (χ3v) is 13.8. The van der Waals surface area contributed by atoms with Crippen LogP contribution in [0.5, 0.6) is 0 Å². The Morgan fingerprint density at radius 3 is 2.35 bits per heavy atom. The first-order valence-electron chi connectivity index (χ1n) is 25.3. The van der Waals surface area contributed by atoms with Crippen LogP contribution in [0.4, 0.5) is 9.18 Å². The number of aliphatic hydroxyl groups is 1. The van der Waals surface area contributed by atoms with Gasteiger partial charge in [0.05, 0.1) is 80.6 Å². The van der Waals surface area contributed by atoms with Gasteiger partial charge < -0.3 is 60.5 Å². The zero-order valence-electron chi connectivity index (χ0n) is 42.9. The lowest BCUT2D eigenvalue weighted by molar-refractivity contribution is -0.172. The summed E-state index contributed by atoms with van der Waals surface area (Å²) in [6, 6.07) is 9.78. The van der Waals surface area contributed by atoms with Crippen LogP contribution >= 0.6 is 0 Å². The maximum Gasteiger partial charge on any atom is 0.407 e. The average Bonchev–Trinajstić information content (AvgIpc) is 4.09. The van der Waals surface area contributed by atoms with E-state index < -0.39 is 108 Å². The number of hydrogen-bond acceptors (Lipinski definition) is 16. The number of pyridine rings is 2. The van der Waals surface area contributed by atoms with Crippen molar-refractivity contribution in [3.8, 4) is 11.4 Å². The van der Waals surface area contributed by atoms with E-state index in [1.54, 1.807) is 57.2 Å². The third-order valence-electron chi connectivity index (χ3n) is 13.8. The monoisotopic (exact) mass is 1080 g/mol. The van der Waals surface area contributed by atoms with Crippen LogP contribution in [0, 0.1) is 12.7 Å². The molecule has 1 unspecified atom stereocenters. The number of aromatic nitrogens is 2. The molecule has 0 fully saturated rings. The standard InChI is InChI=1S/C53H58FN9O15/c1-4-53(74)34-19-39-48-32(24-63(39)50(71)33(34)26-76-51(53)72)47-36(11-10-31-29(3)35(54)20-37(60-48)46(31)47)61-52(73)77-25-28(2)78-27-58-42(66)22-57-49(70)38(18-30-8-6-5-7-9-30)59-43(67)23-56-41(65)21-55-40(64)14-16-75-17-15-62-44(68)12-13-45(62)69/h5-9,12-13,19-20,28,36,38,74H,4,10-11,14-18,21-27H2,1-3H3,(H,55,64)(H,56,65)(H,57,70)(H,58,66)(H,59,67)(H,61,73)/t28?,36-,38-,53-/m0/s1. The van der Waals surface area contributed by atoms with Gasteiger partial charge >= 0.3 is 12.1 Å². The summed E-state index contributed by atoms with van der Waals surface area (Å²) in [6.07, 6.45) is 1.38. The second-order valence-corrected chi connectivity index (χ2v) is 19.0. The molecule has 5 heterocycles. The van der Waals surface area contributed by atoms with Crippen LogP contribution in [-0.2, 0) is 88.9 Å². The number of cyclic esters (lactones) is 1. The summed E-state index contributed by atoms with van der Waals surface area (Å²) in [6.45, 7) is 2.52. The van der Waals surface area contributed by atoms with E-state index in [1.165, 1.54) is 10.6 Å². The number of nitrogens with one attached hydrogen (secondary N) is 6. The molecule has 0 radical (unpaired) electrons. The molecular weight excluding hydrogens is 1020 g/mol. The van der Waals surface area contributed by atoms with E-state index >= 15 is 4.39 Å². The smallest absolute Gasteiger partial charge is 0.407 e. The topological polar surface area (TPSA) is 321 Å². The number of aryl methyl sites for hydroxylation is 1. The molecular formula is C53H58FN9O15. The van der Waals surface area contributed by atoms with Crippen LogP contribution in [0.15, 0.2) is 59.4 Å². The molecule has 24 nitrogen and oxygen atoms in total. The van der Waals surface area contributed by atoms with E-state index in [0.717, 1.165) is 22.6 Å². The highest BCUT2D eigenvalue weighted by Gasteiger charge is 2.46. The number of esters is 1. The zero-order chi connectivity index (χ0) is 55.8. The lowest BCUT2D eigenvalue weighted by Gasteiger charge is -2.31. The first-order chi connectivity index (χ1) is 37.4. The van der Waals surface area contributed by atoms with Crippen LogP contribution in [0.25, 0.3) is 22.3 Å². The number of carbonyl (C=O) groups is 9. The van der Waals surface area contributed by atoms with Gasteiger partial charge in [0.1, 0.15) is 31.8 Å². The van der Waals surface area contributed by atoms with Crippen LogP contribution in [0.1, 0.15) is 78.1 Å². The van der Waals surface area contributed by atoms with Gasteiger partial charge in [-0.3, -0.25) is 43.3 Å². The van der Waals surface area contributed by atoms with Crippen molar-refractivity contribution < 1.29 is 71.6 Å². The fraction of sp³-hybridized carbons (Fsp3) is 0.415. The second kappa shape index (κ2) is 24.3. The molecule has 4 atom stereocenters. The number of carbonyl (C=O) groups excluding carboxylic acids is 9. The van der Waals surface area contributed by atoms with Crippen molar-refractivity contribution in [3.63, 3.8) is 0 Å². The van der Waals surface area contributed by atoms with E-state index in [1.807, 2.05) is 0 Å². The minimum Gasteiger partial charge on any atom is -0.458 e. The minimum atomic E-state index is -2.05. The van der Waals surface area contributed by atoms with Crippen molar-refractivity contribution in [2.24, 2.45) is 0 Å². The number of alkyl carbamates (subject to hydrolysis) is 1. The Labute approximate surface area is 444 Å². The van der Waals surface area contributed by atoms with Gasteiger partial charge in [-0.2, -0.15) is 0 Å². The fourth-order valence-electron chi connectivity index (χ4n) is 9.63. The Hall–Kier alpha value is -8.42. The number of halogens is 1. The highest BCUT2D eigenvalue weighted by atomic mass is 19.1. The second-order valence-electron chi connectivity index (χ2n) is 19.0. The molecule has 0 saturated heterocycles. The Kier molecular flexibility index (Phi) is 17.4. The van der Waals surface area contributed by atoms with E-state index in [2.05, 4.69) is 31.9 Å². The first kappa shape index (κ1) is 55.8. The molecule has 0 saturated carbocycles. The van der Waals surface area contributed by atoms with Crippen molar-refractivity contribution in [3.05, 3.63) is 110 Å². The van der Waals surface area contributed by atoms with E-state index in [0.29, 0.717) is 57.4 Å². The lowest BCUT2D eigenvalue weighted by Crippen LogP contribution is -2.52. The fourth-order valence-corrected chi connectivity index (χ4v) is 9.63. The number of fused-ring (bicyclic) bond motifs is 5. The molecule has 4 aromatic rings. The van der Waals surface area contributed by atoms with Crippen LogP contribution in [0.2, 0.25) is 0 Å². The normalized spacial score (nSPS) is 17.5. The number of ether oxygens (including phenoxy) is 4. The molecule has 4 aliphatic rings. The summed E-state index contributed by atoms with van der Waals surface area (Å²) in [5.74, 6) is -5.54. The van der Waals surface area contributed by atoms with Crippen molar-refractivity contribution in [1.82, 2.24) is 46.4 Å². The quantitative estimate of drug-likeness (QED) is 0.0198. The lowest BCUT2D eigenvalue weighted by atomic mass is 9.81. The highest BCUT2D eigenvalue weighted by molar-refractivity contribution is 6.12. The van der Waals surface area contributed by atoms with Crippen LogP contribution in [-0.4, -0.2) is 138 Å². The molecule has 25 heteroatoms. The molecule has 8 amide bonds. The number of amides is 8.